The lowest BCUT2D eigenvalue weighted by Gasteiger charge is -2.42. The number of pyridine rings is 1. The molecule has 0 bridgehead atoms. The van der Waals surface area contributed by atoms with Crippen molar-refractivity contribution in [1.29, 1.82) is 0 Å². The second kappa shape index (κ2) is 6.60. The summed E-state index contributed by atoms with van der Waals surface area (Å²) in [4.78, 5) is 16.0. The van der Waals surface area contributed by atoms with Crippen LogP contribution in [0.5, 0.6) is 0 Å². The maximum Gasteiger partial charge on any atom is 0.315 e. The van der Waals surface area contributed by atoms with Gasteiger partial charge >= 0.3 is 6.03 Å². The van der Waals surface area contributed by atoms with E-state index in [1.165, 1.54) is 12.0 Å². The Labute approximate surface area is 131 Å². The molecule has 1 saturated carbocycles. The fraction of sp³-hybridized carbons (Fsp3) is 0.333. The molecule has 0 aliphatic heterocycles. The molecule has 1 aliphatic rings. The number of urea groups is 1. The zero-order chi connectivity index (χ0) is 15.3. The van der Waals surface area contributed by atoms with E-state index in [0.717, 1.165) is 18.4 Å². The topological polar surface area (TPSA) is 54.0 Å². The van der Waals surface area contributed by atoms with Crippen molar-refractivity contribution in [2.24, 2.45) is 0 Å². The first kappa shape index (κ1) is 14.6. The van der Waals surface area contributed by atoms with Crippen molar-refractivity contribution in [3.8, 4) is 0 Å². The molecule has 1 heterocycles. The standard InChI is InChI=1S/C18H21N3O/c22-17(20-13-15-7-11-19-12-8-15)21-14-18(9-4-10-18)16-5-2-1-3-6-16/h1-3,5-8,11-12H,4,9-10,13-14H2,(H2,20,21,22). The summed E-state index contributed by atoms with van der Waals surface area (Å²) in [6, 6.07) is 14.2. The maximum absolute atomic E-state index is 12.0. The molecule has 4 heteroatoms. The van der Waals surface area contributed by atoms with E-state index >= 15 is 0 Å². The molecular weight excluding hydrogens is 274 g/mol. The summed E-state index contributed by atoms with van der Waals surface area (Å²) in [5, 5.41) is 5.92. The lowest BCUT2D eigenvalue weighted by atomic mass is 9.64. The van der Waals surface area contributed by atoms with E-state index in [4.69, 9.17) is 0 Å². The monoisotopic (exact) mass is 295 g/mol. The van der Waals surface area contributed by atoms with Gasteiger partial charge in [-0.05, 0) is 36.1 Å². The number of carbonyl (C=O) groups excluding carboxylic acids is 1. The Kier molecular flexibility index (Phi) is 4.37. The first-order chi connectivity index (χ1) is 10.8. The van der Waals surface area contributed by atoms with Crippen LogP contribution in [0.3, 0.4) is 0 Å². The second-order valence-electron chi connectivity index (χ2n) is 5.89. The zero-order valence-corrected chi connectivity index (χ0v) is 12.6. The van der Waals surface area contributed by atoms with Crippen LogP contribution in [0.1, 0.15) is 30.4 Å². The summed E-state index contributed by atoms with van der Waals surface area (Å²) in [6.45, 7) is 1.21. The van der Waals surface area contributed by atoms with Crippen LogP contribution in [0.2, 0.25) is 0 Å². The van der Waals surface area contributed by atoms with Crippen molar-refractivity contribution in [2.45, 2.75) is 31.2 Å². The van der Waals surface area contributed by atoms with Crippen molar-refractivity contribution in [2.75, 3.05) is 6.54 Å². The molecule has 0 unspecified atom stereocenters. The Bertz CT molecular complexity index is 609. The van der Waals surface area contributed by atoms with Crippen LogP contribution in [-0.4, -0.2) is 17.6 Å². The maximum atomic E-state index is 12.0. The Balaban J connectivity index is 1.52. The van der Waals surface area contributed by atoms with Gasteiger partial charge in [0.1, 0.15) is 0 Å². The number of carbonyl (C=O) groups is 1. The predicted octanol–water partition coefficient (Wildman–Crippen LogP) is 3.00. The highest BCUT2D eigenvalue weighted by Gasteiger charge is 2.38. The molecule has 1 fully saturated rings. The second-order valence-corrected chi connectivity index (χ2v) is 5.89. The molecular formula is C18H21N3O. The largest absolute Gasteiger partial charge is 0.337 e. The number of amides is 2. The van der Waals surface area contributed by atoms with Gasteiger partial charge in [0.05, 0.1) is 0 Å². The van der Waals surface area contributed by atoms with Crippen LogP contribution < -0.4 is 10.6 Å². The molecule has 114 valence electrons. The minimum Gasteiger partial charge on any atom is -0.337 e. The highest BCUT2D eigenvalue weighted by atomic mass is 16.2. The molecule has 2 amide bonds. The molecule has 1 aliphatic carbocycles. The van der Waals surface area contributed by atoms with Gasteiger partial charge in [-0.15, -0.1) is 0 Å². The summed E-state index contributed by atoms with van der Waals surface area (Å²) in [5.74, 6) is 0. The fourth-order valence-electron chi connectivity index (χ4n) is 2.96. The summed E-state index contributed by atoms with van der Waals surface area (Å²) in [6.07, 6.45) is 6.97. The summed E-state index contributed by atoms with van der Waals surface area (Å²) >= 11 is 0. The molecule has 3 rings (SSSR count). The van der Waals surface area contributed by atoms with Crippen LogP contribution in [-0.2, 0) is 12.0 Å². The van der Waals surface area contributed by atoms with Crippen LogP contribution in [0.15, 0.2) is 54.9 Å². The molecule has 1 aromatic carbocycles. The first-order valence-corrected chi connectivity index (χ1v) is 7.75. The quantitative estimate of drug-likeness (QED) is 0.891. The lowest BCUT2D eigenvalue weighted by molar-refractivity contribution is 0.214. The first-order valence-electron chi connectivity index (χ1n) is 7.75. The SMILES string of the molecule is O=C(NCc1ccncc1)NCC1(c2ccccc2)CCC1. The number of aromatic nitrogens is 1. The van der Waals surface area contributed by atoms with E-state index in [-0.39, 0.29) is 11.4 Å². The minimum absolute atomic E-state index is 0.112. The van der Waals surface area contributed by atoms with Gasteiger partial charge in [0.25, 0.3) is 0 Å². The third-order valence-electron chi connectivity index (χ3n) is 4.49. The number of nitrogens with zero attached hydrogens (tertiary/aromatic N) is 1. The van der Waals surface area contributed by atoms with Gasteiger partial charge in [-0.3, -0.25) is 4.98 Å². The molecule has 22 heavy (non-hydrogen) atoms. The average molecular weight is 295 g/mol. The number of nitrogens with one attached hydrogen (secondary N) is 2. The molecule has 2 N–H and O–H groups in total. The minimum atomic E-state index is -0.112. The zero-order valence-electron chi connectivity index (χ0n) is 12.6. The third kappa shape index (κ3) is 3.27. The van der Waals surface area contributed by atoms with E-state index in [2.05, 4.69) is 39.9 Å². The third-order valence-corrected chi connectivity index (χ3v) is 4.49. The fourth-order valence-corrected chi connectivity index (χ4v) is 2.96. The van der Waals surface area contributed by atoms with Gasteiger partial charge in [0, 0.05) is 30.9 Å². The highest BCUT2D eigenvalue weighted by molar-refractivity contribution is 5.74. The predicted molar refractivity (Wildman–Crippen MR) is 86.4 cm³/mol. The molecule has 0 atom stereocenters. The summed E-state index contributed by atoms with van der Waals surface area (Å²) < 4.78 is 0. The highest BCUT2D eigenvalue weighted by Crippen LogP contribution is 2.43. The normalized spacial score (nSPS) is 15.6. The van der Waals surface area contributed by atoms with Crippen molar-refractivity contribution < 1.29 is 4.79 Å². The Morgan fingerprint density at radius 3 is 2.41 bits per heavy atom. The van der Waals surface area contributed by atoms with Crippen LogP contribution in [0.25, 0.3) is 0 Å². The van der Waals surface area contributed by atoms with Crippen LogP contribution >= 0.6 is 0 Å². The van der Waals surface area contributed by atoms with E-state index in [1.54, 1.807) is 12.4 Å². The van der Waals surface area contributed by atoms with Crippen molar-refractivity contribution >= 4 is 6.03 Å². The Morgan fingerprint density at radius 1 is 1.05 bits per heavy atom. The molecule has 0 radical (unpaired) electrons. The summed E-state index contributed by atoms with van der Waals surface area (Å²) in [5.41, 5.74) is 2.50. The molecule has 4 nitrogen and oxygen atoms in total. The number of rotatable bonds is 5. The van der Waals surface area contributed by atoms with Gasteiger partial charge in [0.15, 0.2) is 0 Å². The van der Waals surface area contributed by atoms with Gasteiger partial charge in [-0.2, -0.15) is 0 Å². The number of hydrogen-bond donors (Lipinski definition) is 2. The molecule has 0 saturated heterocycles. The molecule has 0 spiro atoms. The van der Waals surface area contributed by atoms with Crippen LogP contribution in [0, 0.1) is 0 Å². The van der Waals surface area contributed by atoms with Gasteiger partial charge in [0.2, 0.25) is 0 Å². The number of benzene rings is 1. The molecule has 1 aromatic heterocycles. The Morgan fingerprint density at radius 2 is 1.77 bits per heavy atom. The van der Waals surface area contributed by atoms with Gasteiger partial charge in [-0.25, -0.2) is 4.79 Å². The lowest BCUT2D eigenvalue weighted by Crippen LogP contribution is -2.48. The van der Waals surface area contributed by atoms with Crippen molar-refractivity contribution in [3.05, 3.63) is 66.0 Å². The smallest absolute Gasteiger partial charge is 0.315 e. The van der Waals surface area contributed by atoms with Crippen LogP contribution in [0.4, 0.5) is 4.79 Å². The van der Waals surface area contributed by atoms with Crippen molar-refractivity contribution in [3.63, 3.8) is 0 Å². The van der Waals surface area contributed by atoms with Gasteiger partial charge < -0.3 is 10.6 Å². The van der Waals surface area contributed by atoms with E-state index in [9.17, 15) is 4.79 Å². The van der Waals surface area contributed by atoms with E-state index < -0.39 is 0 Å². The Hall–Kier alpha value is -2.36. The van der Waals surface area contributed by atoms with E-state index in [1.807, 2.05) is 18.2 Å². The average Bonchev–Trinajstić information content (AvgIpc) is 2.54. The molecule has 2 aromatic rings. The van der Waals surface area contributed by atoms with Gasteiger partial charge in [-0.1, -0.05) is 36.8 Å². The van der Waals surface area contributed by atoms with Crippen molar-refractivity contribution in [1.82, 2.24) is 15.6 Å². The summed E-state index contributed by atoms with van der Waals surface area (Å²) in [7, 11) is 0. The number of hydrogen-bond acceptors (Lipinski definition) is 2. The van der Waals surface area contributed by atoms with E-state index in [0.29, 0.717) is 13.1 Å².